The third-order valence-corrected chi connectivity index (χ3v) is 3.74. The third kappa shape index (κ3) is 7.68. The van der Waals surface area contributed by atoms with E-state index < -0.39 is 0 Å². The van der Waals surface area contributed by atoms with Crippen molar-refractivity contribution in [3.05, 3.63) is 22.8 Å². The lowest BCUT2D eigenvalue weighted by molar-refractivity contribution is 0.198. The predicted octanol–water partition coefficient (Wildman–Crippen LogP) is 4.97. The molecule has 0 bridgehead atoms. The van der Waals surface area contributed by atoms with Crippen molar-refractivity contribution in [3.63, 3.8) is 0 Å². The molecule has 0 saturated carbocycles. The number of hydrogen-bond acceptors (Lipinski definition) is 3. The van der Waals surface area contributed by atoms with E-state index in [0.717, 1.165) is 18.5 Å². The molecule has 0 amide bonds. The van der Waals surface area contributed by atoms with Gasteiger partial charge in [-0.2, -0.15) is 0 Å². The quantitative estimate of drug-likeness (QED) is 0.619. The number of rotatable bonds is 10. The number of nitrogens with one attached hydrogen (secondary N) is 1. The van der Waals surface area contributed by atoms with Crippen LogP contribution in [0.3, 0.4) is 0 Å². The van der Waals surface area contributed by atoms with Crippen LogP contribution >= 0.6 is 11.6 Å². The Hall–Kier alpha value is -0.800. The zero-order valence-corrected chi connectivity index (χ0v) is 14.5. The van der Waals surface area contributed by atoms with Crippen LogP contribution in [0.4, 0.5) is 0 Å². The van der Waals surface area contributed by atoms with Crippen molar-refractivity contribution in [2.24, 2.45) is 0 Å². The van der Waals surface area contributed by atoms with Crippen molar-refractivity contribution in [1.29, 1.82) is 0 Å². The Morgan fingerprint density at radius 1 is 1.24 bits per heavy atom. The van der Waals surface area contributed by atoms with Gasteiger partial charge in [-0.1, -0.05) is 51.6 Å². The van der Waals surface area contributed by atoms with Gasteiger partial charge in [0.25, 0.3) is 0 Å². The average Bonchev–Trinajstić information content (AvgIpc) is 2.44. The van der Waals surface area contributed by atoms with E-state index in [1.165, 1.54) is 25.7 Å². The van der Waals surface area contributed by atoms with Crippen molar-refractivity contribution in [2.75, 3.05) is 0 Å². The van der Waals surface area contributed by atoms with Gasteiger partial charge in [0.1, 0.15) is 0 Å². The molecule has 0 aliphatic heterocycles. The Morgan fingerprint density at radius 3 is 2.67 bits per heavy atom. The molecule has 1 atom stereocenters. The van der Waals surface area contributed by atoms with Crippen LogP contribution in [0, 0.1) is 0 Å². The number of pyridine rings is 1. The van der Waals surface area contributed by atoms with E-state index in [0.29, 0.717) is 16.9 Å². The summed E-state index contributed by atoms with van der Waals surface area (Å²) < 4.78 is 5.90. The van der Waals surface area contributed by atoms with Gasteiger partial charge < -0.3 is 10.1 Å². The first-order chi connectivity index (χ1) is 10.0. The fourth-order valence-electron chi connectivity index (χ4n) is 2.10. The molecule has 1 heterocycles. The summed E-state index contributed by atoms with van der Waals surface area (Å²) in [5.41, 5.74) is 1.04. The lowest BCUT2D eigenvalue weighted by Crippen LogP contribution is -2.22. The van der Waals surface area contributed by atoms with Crippen molar-refractivity contribution in [2.45, 2.75) is 78.5 Å². The Kier molecular flexibility index (Phi) is 8.70. The number of nitrogens with zero attached hydrogens (tertiary/aromatic N) is 1. The van der Waals surface area contributed by atoms with Crippen LogP contribution in [-0.2, 0) is 6.54 Å². The van der Waals surface area contributed by atoms with Gasteiger partial charge in [0.05, 0.1) is 11.1 Å². The number of aromatic nitrogens is 1. The molecule has 1 unspecified atom stereocenters. The van der Waals surface area contributed by atoms with Crippen LogP contribution in [0.5, 0.6) is 5.88 Å². The fraction of sp³-hybridized carbons (Fsp3) is 0.706. The SMILES string of the molecule is CCCCCCC(C)Oc1cc(CNC(C)C)c(Cl)cn1. The lowest BCUT2D eigenvalue weighted by Gasteiger charge is -2.15. The molecule has 3 nitrogen and oxygen atoms in total. The lowest BCUT2D eigenvalue weighted by atomic mass is 10.1. The van der Waals surface area contributed by atoms with Gasteiger partial charge in [-0.05, 0) is 25.3 Å². The molecule has 0 aliphatic carbocycles. The Labute approximate surface area is 134 Å². The highest BCUT2D eigenvalue weighted by Crippen LogP contribution is 2.21. The van der Waals surface area contributed by atoms with Crippen LogP contribution < -0.4 is 10.1 Å². The summed E-state index contributed by atoms with van der Waals surface area (Å²) in [7, 11) is 0. The summed E-state index contributed by atoms with van der Waals surface area (Å²) in [6.45, 7) is 9.30. The summed E-state index contributed by atoms with van der Waals surface area (Å²) in [4.78, 5) is 4.27. The maximum Gasteiger partial charge on any atom is 0.213 e. The minimum absolute atomic E-state index is 0.196. The van der Waals surface area contributed by atoms with Crippen LogP contribution in [0.2, 0.25) is 5.02 Å². The zero-order chi connectivity index (χ0) is 15.7. The predicted molar refractivity (Wildman–Crippen MR) is 90.1 cm³/mol. The maximum atomic E-state index is 6.18. The summed E-state index contributed by atoms with van der Waals surface area (Å²) in [6, 6.07) is 2.37. The van der Waals surface area contributed by atoms with E-state index in [9.17, 15) is 0 Å². The third-order valence-electron chi connectivity index (χ3n) is 3.40. The molecule has 120 valence electrons. The Morgan fingerprint density at radius 2 is 2.00 bits per heavy atom. The smallest absolute Gasteiger partial charge is 0.213 e. The van der Waals surface area contributed by atoms with Crippen molar-refractivity contribution in [1.82, 2.24) is 10.3 Å². The first-order valence-electron chi connectivity index (χ1n) is 8.07. The molecule has 1 N–H and O–H groups in total. The fourth-order valence-corrected chi connectivity index (χ4v) is 2.27. The van der Waals surface area contributed by atoms with Gasteiger partial charge in [-0.15, -0.1) is 0 Å². The maximum absolute atomic E-state index is 6.18. The van der Waals surface area contributed by atoms with Gasteiger partial charge in [0, 0.05) is 24.8 Å². The molecule has 0 aromatic carbocycles. The first kappa shape index (κ1) is 18.2. The standard InChI is InChI=1S/C17H29ClN2O/c1-5-6-7-8-9-14(4)21-17-10-15(11-19-13(2)3)16(18)12-20-17/h10,12-14,19H,5-9,11H2,1-4H3. The second-order valence-electron chi connectivity index (χ2n) is 5.93. The van der Waals surface area contributed by atoms with Crippen molar-refractivity contribution < 1.29 is 4.74 Å². The van der Waals surface area contributed by atoms with Gasteiger partial charge in [-0.25, -0.2) is 4.98 Å². The van der Waals surface area contributed by atoms with Gasteiger partial charge in [-0.3, -0.25) is 0 Å². The number of halogens is 1. The number of unbranched alkanes of at least 4 members (excludes halogenated alkanes) is 3. The molecule has 21 heavy (non-hydrogen) atoms. The summed E-state index contributed by atoms with van der Waals surface area (Å²) in [5, 5.41) is 4.05. The van der Waals surface area contributed by atoms with E-state index in [-0.39, 0.29) is 6.10 Å². The minimum atomic E-state index is 0.196. The van der Waals surface area contributed by atoms with Crippen LogP contribution in [0.15, 0.2) is 12.3 Å². The largest absolute Gasteiger partial charge is 0.475 e. The van der Waals surface area contributed by atoms with E-state index in [1.807, 2.05) is 6.07 Å². The van der Waals surface area contributed by atoms with E-state index in [1.54, 1.807) is 6.20 Å². The van der Waals surface area contributed by atoms with E-state index >= 15 is 0 Å². The molecule has 1 aromatic heterocycles. The van der Waals surface area contributed by atoms with Crippen LogP contribution in [0.1, 0.15) is 65.4 Å². The van der Waals surface area contributed by atoms with E-state index in [4.69, 9.17) is 16.3 Å². The molecule has 0 aliphatic rings. The summed E-state index contributed by atoms with van der Waals surface area (Å²) in [6.07, 6.45) is 8.01. The minimum Gasteiger partial charge on any atom is -0.475 e. The summed E-state index contributed by atoms with van der Waals surface area (Å²) >= 11 is 6.18. The first-order valence-corrected chi connectivity index (χ1v) is 8.45. The molecular weight excluding hydrogens is 284 g/mol. The number of hydrogen-bond donors (Lipinski definition) is 1. The second-order valence-corrected chi connectivity index (χ2v) is 6.33. The average molecular weight is 313 g/mol. The van der Waals surface area contributed by atoms with Crippen LogP contribution in [0.25, 0.3) is 0 Å². The molecule has 0 fully saturated rings. The molecule has 1 aromatic rings. The second kappa shape index (κ2) is 10.0. The highest BCUT2D eigenvalue weighted by Gasteiger charge is 2.08. The highest BCUT2D eigenvalue weighted by molar-refractivity contribution is 6.31. The molecule has 4 heteroatoms. The van der Waals surface area contributed by atoms with Gasteiger partial charge in [0.2, 0.25) is 5.88 Å². The molecule has 0 radical (unpaired) electrons. The topological polar surface area (TPSA) is 34.1 Å². The van der Waals surface area contributed by atoms with E-state index in [2.05, 4.69) is 38.0 Å². The Bertz CT molecular complexity index is 410. The Balaban J connectivity index is 2.48. The number of ether oxygens (including phenoxy) is 1. The zero-order valence-electron chi connectivity index (χ0n) is 13.8. The van der Waals surface area contributed by atoms with Crippen LogP contribution in [-0.4, -0.2) is 17.1 Å². The normalized spacial score (nSPS) is 12.7. The molecular formula is C17H29ClN2O. The molecule has 0 saturated heterocycles. The van der Waals surface area contributed by atoms with Gasteiger partial charge in [0.15, 0.2) is 0 Å². The summed E-state index contributed by atoms with van der Waals surface area (Å²) in [5.74, 6) is 0.669. The van der Waals surface area contributed by atoms with Crippen molar-refractivity contribution in [3.8, 4) is 5.88 Å². The molecule has 1 rings (SSSR count). The van der Waals surface area contributed by atoms with Gasteiger partial charge >= 0.3 is 0 Å². The van der Waals surface area contributed by atoms with Crippen molar-refractivity contribution >= 4 is 11.6 Å². The molecule has 0 spiro atoms. The highest BCUT2D eigenvalue weighted by atomic mass is 35.5. The monoisotopic (exact) mass is 312 g/mol.